The molecule has 3 aromatic rings. The molecule has 1 unspecified atom stereocenters. The van der Waals surface area contributed by atoms with E-state index in [-0.39, 0.29) is 16.3 Å². The fourth-order valence-corrected chi connectivity index (χ4v) is 6.13. The summed E-state index contributed by atoms with van der Waals surface area (Å²) < 4.78 is 37.2. The summed E-state index contributed by atoms with van der Waals surface area (Å²) in [6.07, 6.45) is 5.51. The van der Waals surface area contributed by atoms with Gasteiger partial charge in [0.05, 0.1) is 18.1 Å². The normalized spacial score (nSPS) is 14.0. The molecule has 0 fully saturated rings. The Bertz CT molecular complexity index is 1550. The predicted octanol–water partition coefficient (Wildman–Crippen LogP) is 5.50. The van der Waals surface area contributed by atoms with Crippen molar-refractivity contribution in [2.75, 3.05) is 23.0 Å². The molecule has 9 nitrogen and oxygen atoms in total. The van der Waals surface area contributed by atoms with Gasteiger partial charge in [0.15, 0.2) is 9.84 Å². The standard InChI is InChI=1S/C29H30FN3O6S2/c1-41(38,39)26-16-15-25(40-26)32-29(37)33(23-13-11-21(12-14-23)20-5-3-2-4-6-20)18-19-7-9-22(10-8-19)27(34)31-17-24(30)28(35)36/h5,7-16,24H,2-4,6,17-18H2,1H3,(H,31,34)(H,32,37)(H,35,36). The number of amides is 3. The number of hydrogen-bond donors (Lipinski definition) is 3. The summed E-state index contributed by atoms with van der Waals surface area (Å²) in [6, 6.07) is 16.5. The number of aliphatic carboxylic acids is 1. The summed E-state index contributed by atoms with van der Waals surface area (Å²) in [4.78, 5) is 37.9. The Balaban J connectivity index is 1.54. The highest BCUT2D eigenvalue weighted by atomic mass is 32.2. The quantitative estimate of drug-likeness (QED) is 0.282. The highest BCUT2D eigenvalue weighted by Crippen LogP contribution is 2.30. The zero-order chi connectivity index (χ0) is 29.6. The number of carbonyl (C=O) groups excluding carboxylic acids is 2. The molecule has 1 aliphatic carbocycles. The van der Waals surface area contributed by atoms with E-state index in [2.05, 4.69) is 16.7 Å². The van der Waals surface area contributed by atoms with Gasteiger partial charge in [-0.3, -0.25) is 15.0 Å². The van der Waals surface area contributed by atoms with Crippen LogP contribution in [0.5, 0.6) is 0 Å². The van der Waals surface area contributed by atoms with Crippen LogP contribution in [0.25, 0.3) is 5.57 Å². The van der Waals surface area contributed by atoms with Gasteiger partial charge >= 0.3 is 12.0 Å². The maximum absolute atomic E-state index is 13.5. The molecule has 0 saturated heterocycles. The first-order chi connectivity index (χ1) is 19.5. The predicted molar refractivity (Wildman–Crippen MR) is 157 cm³/mol. The van der Waals surface area contributed by atoms with Gasteiger partial charge in [-0.2, -0.15) is 0 Å². The van der Waals surface area contributed by atoms with Crippen molar-refractivity contribution in [2.24, 2.45) is 0 Å². The first-order valence-corrected chi connectivity index (χ1v) is 15.6. The SMILES string of the molecule is CS(=O)(=O)c1ccc(NC(=O)N(Cc2ccc(C(=O)NCC(F)C(=O)O)cc2)c2ccc(C3=CCCCC3)cc2)s1. The van der Waals surface area contributed by atoms with Gasteiger partial charge in [-0.05, 0) is 78.8 Å². The number of allylic oxidation sites excluding steroid dienone is 2. The van der Waals surface area contributed by atoms with E-state index in [1.165, 1.54) is 41.2 Å². The summed E-state index contributed by atoms with van der Waals surface area (Å²) in [5, 5.41) is 14.0. The van der Waals surface area contributed by atoms with E-state index < -0.39 is 40.5 Å². The number of benzene rings is 2. The third-order valence-electron chi connectivity index (χ3n) is 6.53. The van der Waals surface area contributed by atoms with E-state index in [9.17, 15) is 27.2 Å². The van der Waals surface area contributed by atoms with E-state index in [0.717, 1.165) is 42.4 Å². The van der Waals surface area contributed by atoms with Gasteiger partial charge < -0.3 is 10.4 Å². The highest BCUT2D eigenvalue weighted by molar-refractivity contribution is 7.92. The molecule has 1 aliphatic rings. The van der Waals surface area contributed by atoms with Crippen LogP contribution in [0.1, 0.15) is 47.2 Å². The fourth-order valence-electron chi connectivity index (χ4n) is 4.31. The topological polar surface area (TPSA) is 133 Å². The lowest BCUT2D eigenvalue weighted by atomic mass is 9.93. The average molecular weight is 600 g/mol. The van der Waals surface area contributed by atoms with Crippen molar-refractivity contribution in [1.82, 2.24) is 5.32 Å². The second kappa shape index (κ2) is 13.1. The van der Waals surface area contributed by atoms with Gasteiger partial charge in [0.2, 0.25) is 6.17 Å². The third kappa shape index (κ3) is 8.01. The van der Waals surface area contributed by atoms with Crippen molar-refractivity contribution >= 4 is 55.3 Å². The molecule has 1 heterocycles. The third-order valence-corrected chi connectivity index (χ3v) is 9.35. The summed E-state index contributed by atoms with van der Waals surface area (Å²) >= 11 is 0.960. The van der Waals surface area contributed by atoms with Crippen LogP contribution in [-0.4, -0.2) is 50.4 Å². The number of hydrogen-bond acceptors (Lipinski definition) is 6. The van der Waals surface area contributed by atoms with Gasteiger partial charge in [-0.1, -0.05) is 30.3 Å². The van der Waals surface area contributed by atoms with Crippen LogP contribution < -0.4 is 15.5 Å². The van der Waals surface area contributed by atoms with Crippen molar-refractivity contribution in [3.05, 3.63) is 83.4 Å². The highest BCUT2D eigenvalue weighted by Gasteiger charge is 2.20. The van der Waals surface area contributed by atoms with Crippen LogP contribution in [0.3, 0.4) is 0 Å². The molecule has 0 saturated carbocycles. The molecule has 0 aliphatic heterocycles. The van der Waals surface area contributed by atoms with Gasteiger partial charge in [-0.25, -0.2) is 22.4 Å². The maximum atomic E-state index is 13.5. The minimum absolute atomic E-state index is 0.131. The largest absolute Gasteiger partial charge is 0.479 e. The van der Waals surface area contributed by atoms with Crippen LogP contribution in [0, 0.1) is 0 Å². The molecule has 4 rings (SSSR count). The van der Waals surface area contributed by atoms with E-state index in [4.69, 9.17) is 5.11 Å². The summed E-state index contributed by atoms with van der Waals surface area (Å²) in [5.41, 5.74) is 3.89. The molecule has 0 spiro atoms. The van der Waals surface area contributed by atoms with E-state index in [1.807, 2.05) is 24.3 Å². The average Bonchev–Trinajstić information content (AvgIpc) is 3.44. The molecule has 0 bridgehead atoms. The number of carboxylic acid groups (broad SMARTS) is 1. The Morgan fingerprint density at radius 1 is 1.02 bits per heavy atom. The lowest BCUT2D eigenvalue weighted by molar-refractivity contribution is -0.142. The second-order valence-corrected chi connectivity index (χ2v) is 13.0. The number of thiophene rings is 1. The molecule has 1 atom stereocenters. The molecule has 3 amide bonds. The Morgan fingerprint density at radius 2 is 1.73 bits per heavy atom. The van der Waals surface area contributed by atoms with E-state index in [0.29, 0.717) is 16.3 Å². The van der Waals surface area contributed by atoms with Crippen molar-refractivity contribution in [1.29, 1.82) is 0 Å². The number of rotatable bonds is 10. The minimum Gasteiger partial charge on any atom is -0.479 e. The van der Waals surface area contributed by atoms with E-state index >= 15 is 0 Å². The monoisotopic (exact) mass is 599 g/mol. The van der Waals surface area contributed by atoms with Crippen molar-refractivity contribution in [2.45, 2.75) is 42.6 Å². The van der Waals surface area contributed by atoms with Crippen molar-refractivity contribution < 1.29 is 32.3 Å². The molecule has 12 heteroatoms. The summed E-state index contributed by atoms with van der Waals surface area (Å²) in [6.45, 7) is -0.522. The van der Waals surface area contributed by atoms with Gasteiger partial charge in [0, 0.05) is 17.5 Å². The zero-order valence-electron chi connectivity index (χ0n) is 22.3. The number of carbonyl (C=O) groups is 3. The molecular weight excluding hydrogens is 569 g/mol. The Hall–Kier alpha value is -4.03. The number of anilines is 2. The molecule has 3 N–H and O–H groups in total. The lowest BCUT2D eigenvalue weighted by Crippen LogP contribution is -2.34. The van der Waals surface area contributed by atoms with Crippen LogP contribution in [0.2, 0.25) is 0 Å². The van der Waals surface area contributed by atoms with Gasteiger partial charge in [0.1, 0.15) is 4.21 Å². The van der Waals surface area contributed by atoms with Gasteiger partial charge in [-0.15, -0.1) is 11.3 Å². The molecule has 216 valence electrons. The number of nitrogens with one attached hydrogen (secondary N) is 2. The Labute approximate surface area is 241 Å². The summed E-state index contributed by atoms with van der Waals surface area (Å²) in [7, 11) is -3.41. The van der Waals surface area contributed by atoms with Crippen LogP contribution in [-0.2, 0) is 21.2 Å². The van der Waals surface area contributed by atoms with Crippen LogP contribution in [0.15, 0.2) is 70.9 Å². The fraction of sp³-hybridized carbons (Fsp3) is 0.276. The smallest absolute Gasteiger partial charge is 0.340 e. The molecule has 0 radical (unpaired) electrons. The number of halogens is 1. The number of nitrogens with zero attached hydrogens (tertiary/aromatic N) is 1. The molecular formula is C29H30FN3O6S2. The first kappa shape index (κ1) is 29.9. The number of alkyl halides is 1. The number of carboxylic acids is 1. The minimum atomic E-state index is -3.41. The number of sulfone groups is 1. The molecule has 2 aromatic carbocycles. The first-order valence-electron chi connectivity index (χ1n) is 12.9. The maximum Gasteiger partial charge on any atom is 0.340 e. The van der Waals surface area contributed by atoms with Crippen molar-refractivity contribution in [3.8, 4) is 0 Å². The molecule has 1 aromatic heterocycles. The Kier molecular flexibility index (Phi) is 9.56. The Morgan fingerprint density at radius 3 is 2.32 bits per heavy atom. The van der Waals surface area contributed by atoms with Crippen molar-refractivity contribution in [3.63, 3.8) is 0 Å². The van der Waals surface area contributed by atoms with Gasteiger partial charge in [0.25, 0.3) is 5.91 Å². The summed E-state index contributed by atoms with van der Waals surface area (Å²) in [5.74, 6) is -2.28. The lowest BCUT2D eigenvalue weighted by Gasteiger charge is -2.24. The second-order valence-electron chi connectivity index (χ2n) is 9.64. The zero-order valence-corrected chi connectivity index (χ0v) is 23.9. The molecule has 41 heavy (non-hydrogen) atoms. The number of urea groups is 1. The van der Waals surface area contributed by atoms with E-state index in [1.54, 1.807) is 12.1 Å². The van der Waals surface area contributed by atoms with Crippen LogP contribution >= 0.6 is 11.3 Å². The van der Waals surface area contributed by atoms with Crippen LogP contribution in [0.4, 0.5) is 19.9 Å².